The third-order valence-corrected chi connectivity index (χ3v) is 4.49. The van der Waals surface area contributed by atoms with E-state index in [4.69, 9.17) is 5.73 Å². The van der Waals surface area contributed by atoms with E-state index in [-0.39, 0.29) is 10.6 Å². The van der Waals surface area contributed by atoms with Crippen LogP contribution in [0.1, 0.15) is 11.1 Å². The maximum Gasteiger partial charge on any atom is 0.262 e. The topological polar surface area (TPSA) is 72.2 Å². The number of aryl methyl sites for hydroxylation is 2. The van der Waals surface area contributed by atoms with Gasteiger partial charge in [-0.15, -0.1) is 0 Å². The molecule has 7 heteroatoms. The highest BCUT2D eigenvalue weighted by Gasteiger charge is 2.21. The molecule has 21 heavy (non-hydrogen) atoms. The highest BCUT2D eigenvalue weighted by molar-refractivity contribution is 7.92. The zero-order valence-corrected chi connectivity index (χ0v) is 12.3. The van der Waals surface area contributed by atoms with Gasteiger partial charge in [0, 0.05) is 0 Å². The lowest BCUT2D eigenvalue weighted by Gasteiger charge is -2.13. The summed E-state index contributed by atoms with van der Waals surface area (Å²) in [5, 5.41) is 0. The van der Waals surface area contributed by atoms with Gasteiger partial charge in [0.25, 0.3) is 10.0 Å². The summed E-state index contributed by atoms with van der Waals surface area (Å²) >= 11 is 0. The molecule has 0 saturated carbocycles. The molecule has 2 rings (SSSR count). The molecular formula is C14H14F2N2O2S. The molecule has 0 fully saturated rings. The summed E-state index contributed by atoms with van der Waals surface area (Å²) in [6, 6.07) is 6.63. The van der Waals surface area contributed by atoms with Gasteiger partial charge < -0.3 is 5.73 Å². The Hall–Kier alpha value is -2.15. The van der Waals surface area contributed by atoms with Crippen LogP contribution in [0.25, 0.3) is 0 Å². The molecule has 0 heterocycles. The van der Waals surface area contributed by atoms with Crippen molar-refractivity contribution in [1.82, 2.24) is 0 Å². The van der Waals surface area contributed by atoms with E-state index in [1.54, 1.807) is 19.1 Å². The molecule has 0 radical (unpaired) electrons. The number of hydrogen-bond acceptors (Lipinski definition) is 3. The minimum atomic E-state index is -4.06. The number of anilines is 2. The van der Waals surface area contributed by atoms with E-state index >= 15 is 0 Å². The Bertz CT molecular complexity index is 805. The normalized spacial score (nSPS) is 11.4. The molecular weight excluding hydrogens is 298 g/mol. The highest BCUT2D eigenvalue weighted by Crippen LogP contribution is 2.28. The largest absolute Gasteiger partial charge is 0.397 e. The first-order valence-corrected chi connectivity index (χ1v) is 7.54. The minimum absolute atomic E-state index is 0.0174. The number of nitrogens with two attached hydrogens (primary N) is 1. The van der Waals surface area contributed by atoms with Gasteiger partial charge in [-0.25, -0.2) is 17.2 Å². The van der Waals surface area contributed by atoms with Crippen molar-refractivity contribution in [3.8, 4) is 0 Å². The van der Waals surface area contributed by atoms with E-state index in [9.17, 15) is 17.2 Å². The van der Waals surface area contributed by atoms with Gasteiger partial charge in [-0.3, -0.25) is 4.72 Å². The molecule has 0 aliphatic heterocycles. The van der Waals surface area contributed by atoms with E-state index in [1.807, 2.05) is 11.6 Å². The van der Waals surface area contributed by atoms with Gasteiger partial charge in [0.15, 0.2) is 11.6 Å². The van der Waals surface area contributed by atoms with Crippen LogP contribution in [0.15, 0.2) is 35.2 Å². The molecule has 0 aromatic heterocycles. The van der Waals surface area contributed by atoms with Gasteiger partial charge in [0.2, 0.25) is 0 Å². The van der Waals surface area contributed by atoms with E-state index in [1.165, 1.54) is 6.07 Å². The van der Waals surface area contributed by atoms with Gasteiger partial charge in [-0.05, 0) is 37.6 Å². The van der Waals surface area contributed by atoms with Crippen molar-refractivity contribution in [3.05, 3.63) is 53.1 Å². The maximum atomic E-state index is 13.7. The van der Waals surface area contributed by atoms with Crippen LogP contribution >= 0.6 is 0 Å². The minimum Gasteiger partial charge on any atom is -0.397 e. The second-order valence-electron chi connectivity index (χ2n) is 4.70. The number of hydrogen-bond donors (Lipinski definition) is 2. The lowest BCUT2D eigenvalue weighted by Crippen LogP contribution is -2.17. The van der Waals surface area contributed by atoms with Gasteiger partial charge >= 0.3 is 0 Å². The summed E-state index contributed by atoms with van der Waals surface area (Å²) in [5.41, 5.74) is 6.11. The fourth-order valence-corrected chi connectivity index (χ4v) is 3.28. The van der Waals surface area contributed by atoms with Crippen LogP contribution in [0.2, 0.25) is 0 Å². The van der Waals surface area contributed by atoms with E-state index in [0.717, 1.165) is 17.7 Å². The van der Waals surface area contributed by atoms with Crippen LogP contribution in [0, 0.1) is 25.5 Å². The monoisotopic (exact) mass is 312 g/mol. The summed E-state index contributed by atoms with van der Waals surface area (Å²) in [7, 11) is -4.06. The molecule has 0 atom stereocenters. The van der Waals surface area contributed by atoms with E-state index in [2.05, 4.69) is 0 Å². The predicted molar refractivity (Wildman–Crippen MR) is 77.5 cm³/mol. The molecule has 0 unspecified atom stereocenters. The molecule has 3 N–H and O–H groups in total. The summed E-state index contributed by atoms with van der Waals surface area (Å²) in [6.07, 6.45) is 0. The van der Waals surface area contributed by atoms with E-state index in [0.29, 0.717) is 5.56 Å². The van der Waals surface area contributed by atoms with Gasteiger partial charge in [-0.2, -0.15) is 0 Å². The number of rotatable bonds is 3. The third kappa shape index (κ3) is 2.97. The zero-order chi connectivity index (χ0) is 15.8. The fraction of sp³-hybridized carbons (Fsp3) is 0.143. The van der Waals surface area contributed by atoms with E-state index < -0.39 is 27.3 Å². The molecule has 0 amide bonds. The van der Waals surface area contributed by atoms with Gasteiger partial charge in [0.05, 0.1) is 10.6 Å². The average Bonchev–Trinajstić information content (AvgIpc) is 2.39. The first-order chi connectivity index (χ1) is 9.72. The standard InChI is InChI=1S/C14H14F2N2O2S/c1-8-3-6-12(9(2)7-8)21(19,20)18-14-11(17)5-4-10(15)13(14)16/h3-7,18H,17H2,1-2H3. The Balaban J connectivity index is 2.50. The van der Waals surface area contributed by atoms with Gasteiger partial charge in [0.1, 0.15) is 5.69 Å². The lowest BCUT2D eigenvalue weighted by atomic mass is 10.2. The number of benzene rings is 2. The quantitative estimate of drug-likeness (QED) is 0.856. The van der Waals surface area contributed by atoms with Crippen molar-refractivity contribution in [3.63, 3.8) is 0 Å². The highest BCUT2D eigenvalue weighted by atomic mass is 32.2. The molecule has 4 nitrogen and oxygen atoms in total. The Morgan fingerprint density at radius 1 is 1.10 bits per heavy atom. The Labute approximate surface area is 121 Å². The average molecular weight is 312 g/mol. The van der Waals surface area contributed by atoms with Crippen molar-refractivity contribution in [2.75, 3.05) is 10.5 Å². The number of nitrogen functional groups attached to an aromatic ring is 1. The molecule has 0 bridgehead atoms. The Kier molecular flexibility index (Phi) is 3.87. The fourth-order valence-electron chi connectivity index (χ4n) is 1.96. The van der Waals surface area contributed by atoms with Crippen LogP contribution in [-0.4, -0.2) is 8.42 Å². The summed E-state index contributed by atoms with van der Waals surface area (Å²) < 4.78 is 53.5. The molecule has 0 aliphatic carbocycles. The number of nitrogens with one attached hydrogen (secondary N) is 1. The Morgan fingerprint density at radius 2 is 1.76 bits per heavy atom. The second kappa shape index (κ2) is 5.33. The van der Waals surface area contributed by atoms with Crippen molar-refractivity contribution >= 4 is 21.4 Å². The summed E-state index contributed by atoms with van der Waals surface area (Å²) in [6.45, 7) is 3.44. The smallest absolute Gasteiger partial charge is 0.262 e. The SMILES string of the molecule is Cc1ccc(S(=O)(=O)Nc2c(N)ccc(F)c2F)c(C)c1. The molecule has 2 aromatic carbocycles. The van der Waals surface area contributed by atoms with Crippen LogP contribution in [0.4, 0.5) is 20.2 Å². The third-order valence-electron chi connectivity index (χ3n) is 2.98. The molecule has 0 aliphatic rings. The first-order valence-electron chi connectivity index (χ1n) is 6.06. The zero-order valence-electron chi connectivity index (χ0n) is 11.4. The van der Waals surface area contributed by atoms with Crippen molar-refractivity contribution in [2.45, 2.75) is 18.7 Å². The molecule has 2 aromatic rings. The maximum absolute atomic E-state index is 13.7. The molecule has 0 saturated heterocycles. The molecule has 112 valence electrons. The van der Waals surface area contributed by atoms with Crippen molar-refractivity contribution in [2.24, 2.45) is 0 Å². The second-order valence-corrected chi connectivity index (χ2v) is 6.35. The van der Waals surface area contributed by atoms with Gasteiger partial charge in [-0.1, -0.05) is 17.7 Å². The Morgan fingerprint density at radius 3 is 2.38 bits per heavy atom. The lowest BCUT2D eigenvalue weighted by molar-refractivity contribution is 0.512. The number of halogens is 2. The van der Waals surface area contributed by atoms with Crippen LogP contribution in [-0.2, 0) is 10.0 Å². The predicted octanol–water partition coefficient (Wildman–Crippen LogP) is 2.96. The first kappa shape index (κ1) is 15.2. The van der Waals surface area contributed by atoms with Crippen LogP contribution in [0.5, 0.6) is 0 Å². The van der Waals surface area contributed by atoms with Crippen molar-refractivity contribution < 1.29 is 17.2 Å². The van der Waals surface area contributed by atoms with Crippen LogP contribution in [0.3, 0.4) is 0 Å². The summed E-state index contributed by atoms with van der Waals surface area (Å²) in [5.74, 6) is -2.51. The summed E-state index contributed by atoms with van der Waals surface area (Å²) in [4.78, 5) is -0.0174. The van der Waals surface area contributed by atoms with Crippen molar-refractivity contribution in [1.29, 1.82) is 0 Å². The number of sulfonamides is 1. The molecule has 0 spiro atoms. The van der Waals surface area contributed by atoms with Crippen LogP contribution < -0.4 is 10.5 Å².